The highest BCUT2D eigenvalue weighted by atomic mass is 35.5. The molecule has 0 radical (unpaired) electrons. The average molecular weight is 475 g/mol. The lowest BCUT2D eigenvalue weighted by molar-refractivity contribution is 0.384. The molecular formula is C22H23ClN4O4S. The van der Waals surface area contributed by atoms with Gasteiger partial charge in [-0.3, -0.25) is 4.79 Å². The molecule has 1 aliphatic heterocycles. The zero-order valence-corrected chi connectivity index (χ0v) is 19.1. The molecule has 0 N–H and O–H groups in total. The minimum Gasteiger partial charge on any atom is -0.497 e. The predicted octanol–water partition coefficient (Wildman–Crippen LogP) is 2.46. The van der Waals surface area contributed by atoms with Gasteiger partial charge in [-0.1, -0.05) is 41.9 Å². The molecule has 2 heterocycles. The molecule has 0 saturated carbocycles. The second kappa shape index (κ2) is 9.32. The number of halogens is 1. The van der Waals surface area contributed by atoms with Crippen LogP contribution in [0.15, 0.2) is 70.5 Å². The van der Waals surface area contributed by atoms with Gasteiger partial charge in [0.15, 0.2) is 0 Å². The van der Waals surface area contributed by atoms with Crippen LogP contribution >= 0.6 is 11.6 Å². The van der Waals surface area contributed by atoms with Crippen molar-refractivity contribution in [3.8, 4) is 5.75 Å². The number of nitrogens with zero attached hydrogens (tertiary/aromatic N) is 4. The fourth-order valence-corrected chi connectivity index (χ4v) is 5.30. The molecule has 1 aliphatic rings. The van der Waals surface area contributed by atoms with Gasteiger partial charge in [0, 0.05) is 26.2 Å². The van der Waals surface area contributed by atoms with Gasteiger partial charge in [-0.15, -0.1) is 0 Å². The normalized spacial score (nSPS) is 15.0. The Balaban J connectivity index is 1.47. The Hall–Kier alpha value is -2.88. The van der Waals surface area contributed by atoms with Crippen LogP contribution in [0.4, 0.5) is 5.69 Å². The summed E-state index contributed by atoms with van der Waals surface area (Å²) in [6.45, 7) is 1.68. The number of rotatable bonds is 6. The van der Waals surface area contributed by atoms with Crippen LogP contribution in [-0.2, 0) is 16.6 Å². The largest absolute Gasteiger partial charge is 0.497 e. The smallest absolute Gasteiger partial charge is 0.287 e. The summed E-state index contributed by atoms with van der Waals surface area (Å²) in [5, 5.41) is 4.36. The van der Waals surface area contributed by atoms with Gasteiger partial charge in [0.2, 0.25) is 10.0 Å². The number of hydrogen-bond donors (Lipinski definition) is 0. The molecule has 0 amide bonds. The van der Waals surface area contributed by atoms with Gasteiger partial charge in [-0.25, -0.2) is 13.1 Å². The number of methoxy groups -OCH3 is 1. The van der Waals surface area contributed by atoms with Crippen molar-refractivity contribution in [1.82, 2.24) is 14.1 Å². The monoisotopic (exact) mass is 474 g/mol. The van der Waals surface area contributed by atoms with Crippen molar-refractivity contribution < 1.29 is 13.2 Å². The van der Waals surface area contributed by atoms with Gasteiger partial charge < -0.3 is 9.64 Å². The first-order chi connectivity index (χ1) is 15.4. The summed E-state index contributed by atoms with van der Waals surface area (Å²) < 4.78 is 33.7. The second-order valence-corrected chi connectivity index (χ2v) is 9.67. The van der Waals surface area contributed by atoms with E-state index in [1.54, 1.807) is 18.3 Å². The van der Waals surface area contributed by atoms with E-state index in [0.29, 0.717) is 31.1 Å². The summed E-state index contributed by atoms with van der Waals surface area (Å²) in [6.07, 6.45) is 1.57. The summed E-state index contributed by atoms with van der Waals surface area (Å²) in [4.78, 5) is 14.8. The zero-order valence-electron chi connectivity index (χ0n) is 17.5. The number of sulfonamides is 1. The van der Waals surface area contributed by atoms with E-state index >= 15 is 0 Å². The number of piperazine rings is 1. The maximum absolute atomic E-state index is 12.9. The summed E-state index contributed by atoms with van der Waals surface area (Å²) in [7, 11) is -2.09. The number of anilines is 1. The van der Waals surface area contributed by atoms with E-state index in [0.717, 1.165) is 5.56 Å². The lowest BCUT2D eigenvalue weighted by Crippen LogP contribution is -2.49. The summed E-state index contributed by atoms with van der Waals surface area (Å²) in [5.74, 6) is 0.595. The van der Waals surface area contributed by atoms with E-state index in [2.05, 4.69) is 5.10 Å². The van der Waals surface area contributed by atoms with Crippen molar-refractivity contribution in [3.05, 3.63) is 81.7 Å². The highest BCUT2D eigenvalue weighted by molar-refractivity contribution is 7.89. The molecule has 0 bridgehead atoms. The van der Waals surface area contributed by atoms with Crippen LogP contribution in [-0.4, -0.2) is 55.8 Å². The summed E-state index contributed by atoms with van der Waals surface area (Å²) >= 11 is 6.39. The maximum Gasteiger partial charge on any atom is 0.287 e. The molecule has 168 valence electrons. The quantitative estimate of drug-likeness (QED) is 0.545. The van der Waals surface area contributed by atoms with Crippen LogP contribution in [0.25, 0.3) is 0 Å². The Morgan fingerprint density at radius 1 is 1.00 bits per heavy atom. The first-order valence-electron chi connectivity index (χ1n) is 10.1. The molecule has 10 heteroatoms. The van der Waals surface area contributed by atoms with Crippen LogP contribution in [0.2, 0.25) is 5.02 Å². The van der Waals surface area contributed by atoms with Gasteiger partial charge in [0.25, 0.3) is 5.56 Å². The van der Waals surface area contributed by atoms with Crippen molar-refractivity contribution in [2.75, 3.05) is 38.2 Å². The van der Waals surface area contributed by atoms with Crippen molar-refractivity contribution in [1.29, 1.82) is 0 Å². The predicted molar refractivity (Wildman–Crippen MR) is 123 cm³/mol. The van der Waals surface area contributed by atoms with E-state index in [-0.39, 0.29) is 28.6 Å². The van der Waals surface area contributed by atoms with Crippen LogP contribution in [0.5, 0.6) is 5.75 Å². The Kier molecular flexibility index (Phi) is 6.50. The second-order valence-electron chi connectivity index (χ2n) is 7.36. The van der Waals surface area contributed by atoms with Crippen molar-refractivity contribution in [2.45, 2.75) is 11.4 Å². The third kappa shape index (κ3) is 4.50. The lowest BCUT2D eigenvalue weighted by Gasteiger charge is -2.35. The molecule has 1 saturated heterocycles. The topological polar surface area (TPSA) is 84.7 Å². The van der Waals surface area contributed by atoms with E-state index < -0.39 is 10.0 Å². The molecule has 1 fully saturated rings. The SMILES string of the molecule is COc1ccc(S(=O)(=O)N2CCN(c3cnn(Cc4ccccc4)c(=O)c3Cl)CC2)cc1. The molecule has 2 aromatic carbocycles. The van der Waals surface area contributed by atoms with E-state index in [1.807, 2.05) is 35.2 Å². The molecular weight excluding hydrogens is 452 g/mol. The van der Waals surface area contributed by atoms with Gasteiger partial charge in [0.1, 0.15) is 10.8 Å². The third-order valence-electron chi connectivity index (χ3n) is 5.42. The molecule has 0 spiro atoms. The average Bonchev–Trinajstić information content (AvgIpc) is 2.83. The first kappa shape index (κ1) is 22.3. The lowest BCUT2D eigenvalue weighted by atomic mass is 10.2. The number of hydrogen-bond acceptors (Lipinski definition) is 6. The Morgan fingerprint density at radius 3 is 2.28 bits per heavy atom. The van der Waals surface area contributed by atoms with Gasteiger partial charge in [-0.2, -0.15) is 9.40 Å². The van der Waals surface area contributed by atoms with Crippen LogP contribution < -0.4 is 15.2 Å². The molecule has 0 atom stereocenters. The highest BCUT2D eigenvalue weighted by Gasteiger charge is 2.29. The van der Waals surface area contributed by atoms with E-state index in [1.165, 1.54) is 28.2 Å². The van der Waals surface area contributed by atoms with Crippen molar-refractivity contribution in [3.63, 3.8) is 0 Å². The third-order valence-corrected chi connectivity index (χ3v) is 7.69. The standard InChI is InChI=1S/C22H23ClN4O4S/c1-31-18-7-9-19(10-8-18)32(29,30)26-13-11-25(12-14-26)20-15-24-27(22(28)21(20)23)16-17-5-3-2-4-6-17/h2-10,15H,11-14,16H2,1H3. The molecule has 1 aromatic heterocycles. The van der Waals surface area contributed by atoms with Crippen LogP contribution in [0, 0.1) is 0 Å². The van der Waals surface area contributed by atoms with Gasteiger partial charge in [-0.05, 0) is 29.8 Å². The molecule has 0 aliphatic carbocycles. The van der Waals surface area contributed by atoms with Crippen LogP contribution in [0.1, 0.15) is 5.56 Å². The highest BCUT2D eigenvalue weighted by Crippen LogP contribution is 2.25. The van der Waals surface area contributed by atoms with Gasteiger partial charge >= 0.3 is 0 Å². The summed E-state index contributed by atoms with van der Waals surface area (Å²) in [6, 6.07) is 15.9. The van der Waals surface area contributed by atoms with E-state index in [4.69, 9.17) is 16.3 Å². The maximum atomic E-state index is 12.9. The van der Waals surface area contributed by atoms with Crippen LogP contribution in [0.3, 0.4) is 0 Å². The number of benzene rings is 2. The number of ether oxygens (including phenoxy) is 1. The fraction of sp³-hybridized carbons (Fsp3) is 0.273. The van der Waals surface area contributed by atoms with Crippen molar-refractivity contribution in [2.24, 2.45) is 0 Å². The van der Waals surface area contributed by atoms with E-state index in [9.17, 15) is 13.2 Å². The first-order valence-corrected chi connectivity index (χ1v) is 11.9. The molecule has 0 unspecified atom stereocenters. The molecule has 3 aromatic rings. The Bertz CT molecular complexity index is 1240. The molecule has 32 heavy (non-hydrogen) atoms. The minimum absolute atomic E-state index is 0.0855. The zero-order chi connectivity index (χ0) is 22.7. The molecule has 4 rings (SSSR count). The Morgan fingerprint density at radius 2 is 1.66 bits per heavy atom. The van der Waals surface area contributed by atoms with Gasteiger partial charge in [0.05, 0.1) is 30.4 Å². The fourth-order valence-electron chi connectivity index (χ4n) is 3.61. The Labute approximate surface area is 191 Å². The summed E-state index contributed by atoms with van der Waals surface area (Å²) in [5.41, 5.74) is 1.09. The minimum atomic E-state index is -3.62. The van der Waals surface area contributed by atoms with Crippen molar-refractivity contribution >= 4 is 27.3 Å². The number of aromatic nitrogens is 2. The molecule has 8 nitrogen and oxygen atoms in total.